The molecule has 0 saturated heterocycles. The molecule has 0 aliphatic heterocycles. The highest BCUT2D eigenvalue weighted by Crippen LogP contribution is 2.12. The molecular formula is C8H7NS. The predicted octanol–water partition coefficient (Wildman–Crippen LogP) is 2.04. The SMILES string of the molecule is N#CCc1ccccc1S. The Balaban J connectivity index is 2.94. The van der Waals surface area contributed by atoms with E-state index in [2.05, 4.69) is 18.7 Å². The van der Waals surface area contributed by atoms with Crippen LogP contribution in [-0.4, -0.2) is 0 Å². The maximum atomic E-state index is 8.36. The number of thiol groups is 1. The van der Waals surface area contributed by atoms with Gasteiger partial charge in [0.1, 0.15) is 0 Å². The van der Waals surface area contributed by atoms with Gasteiger partial charge in [-0.25, -0.2) is 0 Å². The number of rotatable bonds is 1. The third-order valence-corrected chi connectivity index (χ3v) is 1.70. The summed E-state index contributed by atoms with van der Waals surface area (Å²) in [6.45, 7) is 0. The third-order valence-electron chi connectivity index (χ3n) is 1.26. The summed E-state index contributed by atoms with van der Waals surface area (Å²) in [6, 6.07) is 9.68. The first-order valence-corrected chi connectivity index (χ1v) is 3.43. The molecule has 0 N–H and O–H groups in total. The molecule has 0 aliphatic rings. The summed E-state index contributed by atoms with van der Waals surface area (Å²) in [6.07, 6.45) is 0.444. The minimum Gasteiger partial charge on any atom is -0.198 e. The first-order valence-electron chi connectivity index (χ1n) is 2.98. The van der Waals surface area contributed by atoms with Gasteiger partial charge in [0, 0.05) is 4.90 Å². The van der Waals surface area contributed by atoms with Crippen molar-refractivity contribution in [3.05, 3.63) is 29.8 Å². The predicted molar refractivity (Wildman–Crippen MR) is 43.0 cm³/mol. The fraction of sp³-hybridized carbons (Fsp3) is 0.125. The Kier molecular flexibility index (Phi) is 2.35. The summed E-state index contributed by atoms with van der Waals surface area (Å²) < 4.78 is 0. The molecule has 0 spiro atoms. The van der Waals surface area contributed by atoms with Gasteiger partial charge in [0.2, 0.25) is 0 Å². The molecule has 0 unspecified atom stereocenters. The van der Waals surface area contributed by atoms with Crippen LogP contribution < -0.4 is 0 Å². The van der Waals surface area contributed by atoms with E-state index in [9.17, 15) is 0 Å². The molecule has 0 amide bonds. The minimum absolute atomic E-state index is 0.444. The lowest BCUT2D eigenvalue weighted by atomic mass is 10.2. The van der Waals surface area contributed by atoms with E-state index in [0.717, 1.165) is 10.5 Å². The second kappa shape index (κ2) is 3.28. The monoisotopic (exact) mass is 149 g/mol. The highest BCUT2D eigenvalue weighted by molar-refractivity contribution is 7.80. The Morgan fingerprint density at radius 1 is 1.40 bits per heavy atom. The van der Waals surface area contributed by atoms with Gasteiger partial charge in [-0.1, -0.05) is 18.2 Å². The summed E-state index contributed by atoms with van der Waals surface area (Å²) in [7, 11) is 0. The van der Waals surface area contributed by atoms with Crippen molar-refractivity contribution < 1.29 is 0 Å². The summed E-state index contributed by atoms with van der Waals surface area (Å²) in [5, 5.41) is 8.36. The highest BCUT2D eigenvalue weighted by Gasteiger charge is 1.93. The van der Waals surface area contributed by atoms with Gasteiger partial charge in [0.05, 0.1) is 12.5 Å². The summed E-state index contributed by atoms with van der Waals surface area (Å²) in [5.41, 5.74) is 0.994. The summed E-state index contributed by atoms with van der Waals surface area (Å²) in [5.74, 6) is 0. The Labute approximate surface area is 65.7 Å². The minimum atomic E-state index is 0.444. The fourth-order valence-electron chi connectivity index (χ4n) is 0.745. The van der Waals surface area contributed by atoms with Crippen molar-refractivity contribution in [1.29, 1.82) is 5.26 Å². The van der Waals surface area contributed by atoms with Crippen molar-refractivity contribution >= 4 is 12.6 Å². The average Bonchev–Trinajstić information content (AvgIpc) is 1.94. The lowest BCUT2D eigenvalue weighted by Crippen LogP contribution is -1.81. The van der Waals surface area contributed by atoms with Gasteiger partial charge in [-0.15, -0.1) is 12.6 Å². The zero-order chi connectivity index (χ0) is 7.40. The number of hydrogen-bond donors (Lipinski definition) is 1. The molecule has 1 rings (SSSR count). The maximum Gasteiger partial charge on any atom is 0.0670 e. The molecule has 1 aromatic carbocycles. The van der Waals surface area contributed by atoms with E-state index in [0.29, 0.717) is 6.42 Å². The van der Waals surface area contributed by atoms with E-state index >= 15 is 0 Å². The van der Waals surface area contributed by atoms with Crippen LogP contribution >= 0.6 is 12.6 Å². The molecular weight excluding hydrogens is 142 g/mol. The highest BCUT2D eigenvalue weighted by atomic mass is 32.1. The number of benzene rings is 1. The first-order chi connectivity index (χ1) is 4.84. The van der Waals surface area contributed by atoms with E-state index in [1.807, 2.05) is 24.3 Å². The largest absolute Gasteiger partial charge is 0.198 e. The lowest BCUT2D eigenvalue weighted by molar-refractivity contribution is 1.19. The van der Waals surface area contributed by atoms with Gasteiger partial charge >= 0.3 is 0 Å². The average molecular weight is 149 g/mol. The van der Waals surface area contributed by atoms with Gasteiger partial charge in [-0.05, 0) is 11.6 Å². The van der Waals surface area contributed by atoms with Crippen LogP contribution in [0.5, 0.6) is 0 Å². The molecule has 0 fully saturated rings. The number of hydrogen-bond acceptors (Lipinski definition) is 2. The summed E-state index contributed by atoms with van der Waals surface area (Å²) in [4.78, 5) is 0.893. The molecule has 1 aromatic rings. The zero-order valence-corrected chi connectivity index (χ0v) is 6.31. The van der Waals surface area contributed by atoms with Crippen LogP contribution in [0.25, 0.3) is 0 Å². The van der Waals surface area contributed by atoms with Crippen molar-refractivity contribution in [2.45, 2.75) is 11.3 Å². The van der Waals surface area contributed by atoms with Crippen molar-refractivity contribution in [2.24, 2.45) is 0 Å². The summed E-state index contributed by atoms with van der Waals surface area (Å²) >= 11 is 4.18. The van der Waals surface area contributed by atoms with E-state index in [1.165, 1.54) is 0 Å². The first kappa shape index (κ1) is 7.17. The molecule has 0 saturated carbocycles. The molecule has 0 radical (unpaired) electrons. The number of nitriles is 1. The van der Waals surface area contributed by atoms with Gasteiger partial charge < -0.3 is 0 Å². The Morgan fingerprint density at radius 3 is 2.70 bits per heavy atom. The molecule has 0 atom stereocenters. The molecule has 10 heavy (non-hydrogen) atoms. The molecule has 50 valence electrons. The van der Waals surface area contributed by atoms with Crippen molar-refractivity contribution in [3.8, 4) is 6.07 Å². The lowest BCUT2D eigenvalue weighted by Gasteiger charge is -1.96. The smallest absolute Gasteiger partial charge is 0.0670 e. The van der Waals surface area contributed by atoms with Gasteiger partial charge in [-0.3, -0.25) is 0 Å². The Bertz CT molecular complexity index is 262. The molecule has 0 bridgehead atoms. The van der Waals surface area contributed by atoms with Crippen molar-refractivity contribution in [2.75, 3.05) is 0 Å². The molecule has 1 nitrogen and oxygen atoms in total. The Morgan fingerprint density at radius 2 is 2.10 bits per heavy atom. The maximum absolute atomic E-state index is 8.36. The van der Waals surface area contributed by atoms with Crippen LogP contribution in [0.1, 0.15) is 5.56 Å². The van der Waals surface area contributed by atoms with E-state index < -0.39 is 0 Å². The second-order valence-electron chi connectivity index (χ2n) is 1.96. The van der Waals surface area contributed by atoms with Crippen LogP contribution in [0.3, 0.4) is 0 Å². The van der Waals surface area contributed by atoms with Crippen molar-refractivity contribution in [3.63, 3.8) is 0 Å². The van der Waals surface area contributed by atoms with Crippen LogP contribution in [-0.2, 0) is 6.42 Å². The van der Waals surface area contributed by atoms with Crippen LogP contribution in [0.2, 0.25) is 0 Å². The van der Waals surface area contributed by atoms with Crippen LogP contribution in [0, 0.1) is 11.3 Å². The quantitative estimate of drug-likeness (QED) is 0.607. The molecule has 2 heteroatoms. The topological polar surface area (TPSA) is 23.8 Å². The molecule has 0 heterocycles. The molecule has 0 aliphatic carbocycles. The molecule has 0 aromatic heterocycles. The fourth-order valence-corrected chi connectivity index (χ4v) is 0.985. The normalized spacial score (nSPS) is 8.80. The second-order valence-corrected chi connectivity index (χ2v) is 2.45. The van der Waals surface area contributed by atoms with Gasteiger partial charge in [0.25, 0.3) is 0 Å². The Hall–Kier alpha value is -0.940. The van der Waals surface area contributed by atoms with Crippen molar-refractivity contribution in [1.82, 2.24) is 0 Å². The number of nitrogens with zero attached hydrogens (tertiary/aromatic N) is 1. The van der Waals surface area contributed by atoms with Gasteiger partial charge in [-0.2, -0.15) is 5.26 Å². The standard InChI is InChI=1S/C8H7NS/c9-6-5-7-3-1-2-4-8(7)10/h1-4,10H,5H2. The zero-order valence-electron chi connectivity index (χ0n) is 5.41. The van der Waals surface area contributed by atoms with Crippen LogP contribution in [0.15, 0.2) is 29.2 Å². The van der Waals surface area contributed by atoms with E-state index in [-0.39, 0.29) is 0 Å². The van der Waals surface area contributed by atoms with Crippen LogP contribution in [0.4, 0.5) is 0 Å². The van der Waals surface area contributed by atoms with E-state index in [4.69, 9.17) is 5.26 Å². The van der Waals surface area contributed by atoms with Gasteiger partial charge in [0.15, 0.2) is 0 Å². The van der Waals surface area contributed by atoms with E-state index in [1.54, 1.807) is 0 Å². The third kappa shape index (κ3) is 1.52.